The Hall–Kier alpha value is -1.50. The molecular weight excluding hydrogens is 300 g/mol. The van der Waals surface area contributed by atoms with Gasteiger partial charge in [0, 0.05) is 18.9 Å². The van der Waals surface area contributed by atoms with Gasteiger partial charge in [-0.2, -0.15) is 0 Å². The van der Waals surface area contributed by atoms with Gasteiger partial charge < -0.3 is 4.90 Å². The first-order valence-electron chi connectivity index (χ1n) is 6.75. The molecule has 0 saturated carbocycles. The lowest BCUT2D eigenvalue weighted by atomic mass is 10.3. The molecular formula is C15H16N4S2. The minimum atomic E-state index is 0.755. The second kappa shape index (κ2) is 6.98. The fraction of sp³-hybridized carbons (Fsp3) is 0.267. The van der Waals surface area contributed by atoms with Crippen molar-refractivity contribution < 1.29 is 0 Å². The third-order valence-electron chi connectivity index (χ3n) is 3.19. The molecule has 4 nitrogen and oxygen atoms in total. The van der Waals surface area contributed by atoms with Crippen LogP contribution in [0.4, 0.5) is 0 Å². The Morgan fingerprint density at radius 1 is 1.00 bits per heavy atom. The van der Waals surface area contributed by atoms with E-state index in [4.69, 9.17) is 12.2 Å². The van der Waals surface area contributed by atoms with Crippen LogP contribution in [0.5, 0.6) is 0 Å². The summed E-state index contributed by atoms with van der Waals surface area (Å²) in [7, 11) is 0. The molecule has 2 aromatic rings. The molecule has 0 atom stereocenters. The summed E-state index contributed by atoms with van der Waals surface area (Å²) in [5.74, 6) is 0.911. The van der Waals surface area contributed by atoms with E-state index in [1.165, 1.54) is 0 Å². The van der Waals surface area contributed by atoms with E-state index < -0.39 is 0 Å². The number of pyridine rings is 2. The number of aromatic nitrogens is 2. The van der Waals surface area contributed by atoms with Crippen molar-refractivity contribution in [3.8, 4) is 0 Å². The molecule has 1 fully saturated rings. The molecule has 0 unspecified atom stereocenters. The Morgan fingerprint density at radius 2 is 1.67 bits per heavy atom. The highest BCUT2D eigenvalue weighted by atomic mass is 32.2. The van der Waals surface area contributed by atoms with Crippen LogP contribution in [0.25, 0.3) is 0 Å². The normalized spacial score (nSPS) is 16.2. The molecule has 1 aliphatic rings. The summed E-state index contributed by atoms with van der Waals surface area (Å²) in [5.41, 5.74) is 2.13. The lowest BCUT2D eigenvalue weighted by Crippen LogP contribution is -2.44. The molecule has 0 spiro atoms. The van der Waals surface area contributed by atoms with Crippen molar-refractivity contribution in [2.75, 3.05) is 12.5 Å². The smallest absolute Gasteiger partial charge is 0.139 e. The molecule has 6 heteroatoms. The Balaban J connectivity index is 1.63. The van der Waals surface area contributed by atoms with Crippen LogP contribution in [0, 0.1) is 0 Å². The number of rotatable bonds is 4. The summed E-state index contributed by atoms with van der Waals surface area (Å²) in [6, 6.07) is 12.0. The maximum atomic E-state index is 5.46. The van der Waals surface area contributed by atoms with Gasteiger partial charge in [-0.25, -0.2) is 0 Å². The maximum Gasteiger partial charge on any atom is 0.139 e. The summed E-state index contributed by atoms with van der Waals surface area (Å²) in [5, 5.41) is 0. The largest absolute Gasteiger partial charge is 0.339 e. The van der Waals surface area contributed by atoms with Crippen LogP contribution >= 0.6 is 24.0 Å². The first-order chi connectivity index (χ1) is 10.3. The van der Waals surface area contributed by atoms with Gasteiger partial charge in [0.2, 0.25) is 0 Å². The van der Waals surface area contributed by atoms with Crippen LogP contribution in [0.2, 0.25) is 0 Å². The van der Waals surface area contributed by atoms with Gasteiger partial charge in [0.1, 0.15) is 4.32 Å². The van der Waals surface area contributed by atoms with Crippen LogP contribution in [0.15, 0.2) is 48.8 Å². The van der Waals surface area contributed by atoms with Crippen molar-refractivity contribution in [1.29, 1.82) is 0 Å². The van der Waals surface area contributed by atoms with E-state index in [0.29, 0.717) is 0 Å². The van der Waals surface area contributed by atoms with E-state index in [1.54, 1.807) is 11.8 Å². The quantitative estimate of drug-likeness (QED) is 0.807. The number of thioether (sulfide) groups is 1. The van der Waals surface area contributed by atoms with E-state index in [1.807, 2.05) is 42.7 Å². The van der Waals surface area contributed by atoms with Gasteiger partial charge in [-0.1, -0.05) is 36.1 Å². The third-order valence-corrected chi connectivity index (χ3v) is 4.80. The maximum absolute atomic E-state index is 5.46. The summed E-state index contributed by atoms with van der Waals surface area (Å²) in [6.07, 6.45) is 3.66. The molecule has 0 radical (unpaired) electrons. The molecule has 21 heavy (non-hydrogen) atoms. The highest BCUT2D eigenvalue weighted by molar-refractivity contribution is 8.22. The molecule has 0 N–H and O–H groups in total. The zero-order chi connectivity index (χ0) is 14.5. The first-order valence-corrected chi connectivity index (χ1v) is 8.14. The van der Waals surface area contributed by atoms with E-state index in [9.17, 15) is 0 Å². The van der Waals surface area contributed by atoms with Crippen LogP contribution in [-0.2, 0) is 13.1 Å². The van der Waals surface area contributed by atoms with Crippen LogP contribution in [-0.4, -0.2) is 36.6 Å². The second-order valence-corrected chi connectivity index (χ2v) is 6.43. The lowest BCUT2D eigenvalue weighted by molar-refractivity contribution is 0.198. The van der Waals surface area contributed by atoms with Crippen molar-refractivity contribution in [2.45, 2.75) is 13.1 Å². The van der Waals surface area contributed by atoms with Gasteiger partial charge in [-0.15, -0.1) is 0 Å². The molecule has 0 bridgehead atoms. The zero-order valence-corrected chi connectivity index (χ0v) is 13.2. The van der Waals surface area contributed by atoms with Crippen molar-refractivity contribution in [1.82, 2.24) is 19.8 Å². The molecule has 0 aliphatic carbocycles. The molecule has 0 amide bonds. The Bertz CT molecular complexity index is 591. The topological polar surface area (TPSA) is 32.3 Å². The number of hydrogen-bond acceptors (Lipinski definition) is 5. The van der Waals surface area contributed by atoms with Gasteiger partial charge in [-0.3, -0.25) is 14.9 Å². The molecule has 0 aromatic carbocycles. The fourth-order valence-electron chi connectivity index (χ4n) is 2.20. The van der Waals surface area contributed by atoms with Crippen LogP contribution < -0.4 is 0 Å². The molecule has 3 rings (SSSR count). The highest BCUT2D eigenvalue weighted by Gasteiger charge is 2.22. The van der Waals surface area contributed by atoms with Gasteiger partial charge in [-0.05, 0) is 24.3 Å². The summed E-state index contributed by atoms with van der Waals surface area (Å²) in [4.78, 5) is 13.3. The third kappa shape index (κ3) is 4.00. The minimum absolute atomic E-state index is 0.755. The van der Waals surface area contributed by atoms with Gasteiger partial charge >= 0.3 is 0 Å². The summed E-state index contributed by atoms with van der Waals surface area (Å²) >= 11 is 7.16. The zero-order valence-electron chi connectivity index (χ0n) is 11.6. The molecule has 108 valence electrons. The van der Waals surface area contributed by atoms with Crippen LogP contribution in [0.1, 0.15) is 11.4 Å². The Morgan fingerprint density at radius 3 is 2.29 bits per heavy atom. The van der Waals surface area contributed by atoms with Crippen LogP contribution in [0.3, 0.4) is 0 Å². The van der Waals surface area contributed by atoms with Crippen molar-refractivity contribution in [2.24, 2.45) is 0 Å². The molecule has 1 saturated heterocycles. The Labute approximate surface area is 134 Å². The van der Waals surface area contributed by atoms with Crippen molar-refractivity contribution >= 4 is 28.3 Å². The van der Waals surface area contributed by atoms with Gasteiger partial charge in [0.25, 0.3) is 0 Å². The molecule has 3 heterocycles. The first kappa shape index (κ1) is 14.4. The van der Waals surface area contributed by atoms with Gasteiger partial charge in [0.05, 0.1) is 30.5 Å². The SMILES string of the molecule is S=C1SCN(Cc2ccccn2)CN1Cc1ccccn1. The standard InChI is InChI=1S/C15H16N4S2/c20-15-19(10-14-6-2-4-8-17-14)11-18(12-21-15)9-13-5-1-3-7-16-13/h1-8H,9-12H2. The highest BCUT2D eigenvalue weighted by Crippen LogP contribution is 2.21. The number of nitrogens with zero attached hydrogens (tertiary/aromatic N) is 4. The monoisotopic (exact) mass is 316 g/mol. The number of thiocarbonyl (C=S) groups is 1. The predicted molar refractivity (Wildman–Crippen MR) is 89.5 cm³/mol. The average molecular weight is 316 g/mol. The molecule has 1 aliphatic heterocycles. The van der Waals surface area contributed by atoms with E-state index in [0.717, 1.165) is 41.3 Å². The predicted octanol–water partition coefficient (Wildman–Crippen LogP) is 2.73. The van der Waals surface area contributed by atoms with E-state index in [2.05, 4.69) is 25.8 Å². The number of hydrogen-bond donors (Lipinski definition) is 0. The summed E-state index contributed by atoms with van der Waals surface area (Å²) in [6.45, 7) is 2.42. The van der Waals surface area contributed by atoms with Gasteiger partial charge in [0.15, 0.2) is 0 Å². The van der Waals surface area contributed by atoms with Crippen molar-refractivity contribution in [3.63, 3.8) is 0 Å². The van der Waals surface area contributed by atoms with E-state index >= 15 is 0 Å². The fourth-order valence-corrected chi connectivity index (χ4v) is 3.25. The average Bonchev–Trinajstić information content (AvgIpc) is 2.53. The lowest BCUT2D eigenvalue weighted by Gasteiger charge is -2.36. The summed E-state index contributed by atoms with van der Waals surface area (Å²) < 4.78 is 0.943. The second-order valence-electron chi connectivity index (χ2n) is 4.85. The van der Waals surface area contributed by atoms with Crippen molar-refractivity contribution in [3.05, 3.63) is 60.2 Å². The Kier molecular flexibility index (Phi) is 4.80. The molecule has 2 aromatic heterocycles. The van der Waals surface area contributed by atoms with E-state index in [-0.39, 0.29) is 0 Å². The minimum Gasteiger partial charge on any atom is -0.339 e.